The van der Waals surface area contributed by atoms with Crippen LogP contribution in [0.2, 0.25) is 0 Å². The fourth-order valence-electron chi connectivity index (χ4n) is 4.44. The number of hydrogen-bond donors (Lipinski definition) is 2. The van der Waals surface area contributed by atoms with Crippen LogP contribution in [0, 0.1) is 6.92 Å². The SMILES string of the molecule is Cc1cc(C(NC(=O)[C@@H]2C[C@@H](F)CN2C(=O)Cc2cnn[nH]2)c2ccccc2)ncc1C(C)C. The Morgan fingerprint density at radius 3 is 2.65 bits per heavy atom. The Morgan fingerprint density at radius 1 is 1.24 bits per heavy atom. The monoisotopic (exact) mass is 464 g/mol. The summed E-state index contributed by atoms with van der Waals surface area (Å²) in [5.74, 6) is -0.425. The van der Waals surface area contributed by atoms with Crippen molar-refractivity contribution in [1.29, 1.82) is 0 Å². The quantitative estimate of drug-likeness (QED) is 0.559. The predicted molar refractivity (Wildman–Crippen MR) is 125 cm³/mol. The highest BCUT2D eigenvalue weighted by Crippen LogP contribution is 2.27. The third-order valence-corrected chi connectivity index (χ3v) is 6.19. The standard InChI is InChI=1S/C25H29FN6O2/c1-15(2)20-13-27-21(9-16(20)3)24(17-7-5-4-6-8-17)29-25(34)22-10-18(26)14-32(22)23(33)11-19-12-28-31-30-19/h4-9,12-13,15,18,22,24H,10-11,14H2,1-3H3,(H,29,34)(H,28,30,31)/t18-,22+,24?/m1/s1. The summed E-state index contributed by atoms with van der Waals surface area (Å²) >= 11 is 0. The Kier molecular flexibility index (Phi) is 7.00. The number of halogens is 1. The van der Waals surface area contributed by atoms with E-state index in [2.05, 4.69) is 39.6 Å². The van der Waals surface area contributed by atoms with E-state index in [0.29, 0.717) is 17.3 Å². The lowest BCUT2D eigenvalue weighted by Gasteiger charge is -2.27. The van der Waals surface area contributed by atoms with E-state index in [1.54, 1.807) is 0 Å². The molecule has 0 radical (unpaired) electrons. The van der Waals surface area contributed by atoms with Crippen LogP contribution in [0.5, 0.6) is 0 Å². The first-order valence-corrected chi connectivity index (χ1v) is 11.4. The van der Waals surface area contributed by atoms with Crippen molar-refractivity contribution in [3.8, 4) is 0 Å². The van der Waals surface area contributed by atoms with Crippen molar-refractivity contribution in [2.75, 3.05) is 6.54 Å². The highest BCUT2D eigenvalue weighted by Gasteiger charge is 2.40. The number of aromatic nitrogens is 4. The zero-order valence-electron chi connectivity index (χ0n) is 19.5. The number of pyridine rings is 1. The molecule has 2 amide bonds. The predicted octanol–water partition coefficient (Wildman–Crippen LogP) is 3.02. The maximum atomic E-state index is 14.4. The lowest BCUT2D eigenvalue weighted by Crippen LogP contribution is -2.47. The summed E-state index contributed by atoms with van der Waals surface area (Å²) in [6.07, 6.45) is 1.96. The van der Waals surface area contributed by atoms with Gasteiger partial charge in [0.2, 0.25) is 11.8 Å². The molecule has 1 fully saturated rings. The molecule has 2 aromatic heterocycles. The third-order valence-electron chi connectivity index (χ3n) is 6.19. The second kappa shape index (κ2) is 10.1. The van der Waals surface area contributed by atoms with Crippen LogP contribution in [0.3, 0.4) is 0 Å². The highest BCUT2D eigenvalue weighted by atomic mass is 19.1. The molecule has 34 heavy (non-hydrogen) atoms. The molecule has 0 bridgehead atoms. The molecule has 3 aromatic rings. The molecule has 8 nitrogen and oxygen atoms in total. The Labute approximate surface area is 198 Å². The fraction of sp³-hybridized carbons (Fsp3) is 0.400. The summed E-state index contributed by atoms with van der Waals surface area (Å²) in [6, 6.07) is 10.1. The first kappa shape index (κ1) is 23.5. The first-order valence-electron chi connectivity index (χ1n) is 11.4. The van der Waals surface area contributed by atoms with Crippen LogP contribution in [0.1, 0.15) is 60.3 Å². The molecule has 1 aliphatic heterocycles. The average Bonchev–Trinajstić information content (AvgIpc) is 3.47. The van der Waals surface area contributed by atoms with Gasteiger partial charge in [-0.2, -0.15) is 0 Å². The fourth-order valence-corrected chi connectivity index (χ4v) is 4.44. The van der Waals surface area contributed by atoms with Crippen LogP contribution in [-0.4, -0.2) is 55.9 Å². The van der Waals surface area contributed by atoms with Crippen molar-refractivity contribution in [1.82, 2.24) is 30.6 Å². The van der Waals surface area contributed by atoms with E-state index in [0.717, 1.165) is 16.7 Å². The summed E-state index contributed by atoms with van der Waals surface area (Å²) in [4.78, 5) is 32.2. The normalized spacial score (nSPS) is 18.8. The third kappa shape index (κ3) is 5.13. The number of rotatable bonds is 7. The average molecular weight is 465 g/mol. The molecule has 1 aliphatic rings. The number of benzene rings is 1. The molecule has 4 rings (SSSR count). The number of H-pyrrole nitrogens is 1. The van der Waals surface area contributed by atoms with Crippen LogP contribution in [0.25, 0.3) is 0 Å². The minimum absolute atomic E-state index is 0.0248. The number of carbonyl (C=O) groups excluding carboxylic acids is 2. The van der Waals surface area contributed by atoms with Gasteiger partial charge in [0.25, 0.3) is 0 Å². The summed E-state index contributed by atoms with van der Waals surface area (Å²) in [6.45, 7) is 6.13. The van der Waals surface area contributed by atoms with Crippen LogP contribution < -0.4 is 5.32 Å². The molecule has 2 N–H and O–H groups in total. The van der Waals surface area contributed by atoms with Crippen molar-refractivity contribution in [3.63, 3.8) is 0 Å². The van der Waals surface area contributed by atoms with Crippen molar-refractivity contribution in [3.05, 3.63) is 76.9 Å². The highest BCUT2D eigenvalue weighted by molar-refractivity contribution is 5.89. The molecule has 1 unspecified atom stereocenters. The molecule has 9 heteroatoms. The van der Waals surface area contributed by atoms with Gasteiger partial charge in [-0.1, -0.05) is 49.4 Å². The zero-order chi connectivity index (χ0) is 24.2. The van der Waals surface area contributed by atoms with Crippen molar-refractivity contribution < 1.29 is 14.0 Å². The Morgan fingerprint density at radius 2 is 2.00 bits per heavy atom. The number of hydrogen-bond acceptors (Lipinski definition) is 5. The summed E-state index contributed by atoms with van der Waals surface area (Å²) < 4.78 is 14.4. The van der Waals surface area contributed by atoms with Crippen LogP contribution in [0.15, 0.2) is 48.8 Å². The van der Waals surface area contributed by atoms with Gasteiger partial charge >= 0.3 is 0 Å². The molecule has 3 heterocycles. The molecule has 0 spiro atoms. The smallest absolute Gasteiger partial charge is 0.243 e. The second-order valence-electron chi connectivity index (χ2n) is 9.03. The van der Waals surface area contributed by atoms with E-state index in [9.17, 15) is 14.0 Å². The van der Waals surface area contributed by atoms with Crippen LogP contribution >= 0.6 is 0 Å². The maximum absolute atomic E-state index is 14.4. The van der Waals surface area contributed by atoms with Gasteiger partial charge in [-0.3, -0.25) is 19.7 Å². The van der Waals surface area contributed by atoms with E-state index >= 15 is 0 Å². The number of amides is 2. The molecule has 0 saturated carbocycles. The Bertz CT molecular complexity index is 1140. The molecule has 1 saturated heterocycles. The summed E-state index contributed by atoms with van der Waals surface area (Å²) in [5, 5.41) is 12.9. The number of alkyl halides is 1. The van der Waals surface area contributed by atoms with Crippen LogP contribution in [-0.2, 0) is 16.0 Å². The number of likely N-dealkylation sites (tertiary alicyclic amines) is 1. The van der Waals surface area contributed by atoms with E-state index in [1.807, 2.05) is 49.5 Å². The summed E-state index contributed by atoms with van der Waals surface area (Å²) in [7, 11) is 0. The Balaban J connectivity index is 1.59. The number of carbonyl (C=O) groups is 2. The largest absolute Gasteiger partial charge is 0.342 e. The van der Waals surface area contributed by atoms with Gasteiger partial charge in [0.15, 0.2) is 0 Å². The lowest BCUT2D eigenvalue weighted by molar-refractivity contribution is -0.138. The van der Waals surface area contributed by atoms with Crippen molar-refractivity contribution in [2.45, 2.75) is 57.8 Å². The molecular formula is C25H29FN6O2. The minimum Gasteiger partial charge on any atom is -0.342 e. The molecule has 0 aliphatic carbocycles. The Hall–Kier alpha value is -3.62. The number of aryl methyl sites for hydroxylation is 1. The molecule has 178 valence electrons. The molecule has 1 aromatic carbocycles. The van der Waals surface area contributed by atoms with Crippen LogP contribution in [0.4, 0.5) is 4.39 Å². The van der Waals surface area contributed by atoms with E-state index in [-0.39, 0.29) is 25.3 Å². The van der Waals surface area contributed by atoms with Gasteiger partial charge in [0.1, 0.15) is 12.2 Å². The molecular weight excluding hydrogens is 435 g/mol. The first-order chi connectivity index (χ1) is 16.3. The van der Waals surface area contributed by atoms with Gasteiger partial charge in [-0.05, 0) is 35.6 Å². The van der Waals surface area contributed by atoms with Gasteiger partial charge in [0, 0.05) is 12.6 Å². The van der Waals surface area contributed by atoms with E-state index in [1.165, 1.54) is 11.1 Å². The van der Waals surface area contributed by atoms with Gasteiger partial charge in [-0.15, -0.1) is 5.10 Å². The minimum atomic E-state index is -1.26. The lowest BCUT2D eigenvalue weighted by atomic mass is 9.96. The van der Waals surface area contributed by atoms with Gasteiger partial charge in [-0.25, -0.2) is 4.39 Å². The maximum Gasteiger partial charge on any atom is 0.243 e. The molecule has 3 atom stereocenters. The van der Waals surface area contributed by atoms with Gasteiger partial charge < -0.3 is 10.2 Å². The summed E-state index contributed by atoms with van der Waals surface area (Å²) in [5.41, 5.74) is 4.29. The van der Waals surface area contributed by atoms with E-state index in [4.69, 9.17) is 0 Å². The van der Waals surface area contributed by atoms with E-state index < -0.39 is 24.2 Å². The number of nitrogens with one attached hydrogen (secondary N) is 2. The number of aromatic amines is 1. The zero-order valence-corrected chi connectivity index (χ0v) is 19.5. The van der Waals surface area contributed by atoms with Gasteiger partial charge in [0.05, 0.1) is 36.6 Å². The van der Waals surface area contributed by atoms with Crippen molar-refractivity contribution >= 4 is 11.8 Å². The second-order valence-corrected chi connectivity index (χ2v) is 9.03. The topological polar surface area (TPSA) is 104 Å². The number of nitrogens with zero attached hydrogens (tertiary/aromatic N) is 4. The van der Waals surface area contributed by atoms with Crippen molar-refractivity contribution in [2.24, 2.45) is 0 Å².